The summed E-state index contributed by atoms with van der Waals surface area (Å²) in [4.78, 5) is 33.2. The average Bonchev–Trinajstić information content (AvgIpc) is 2.32. The second-order valence-electron chi connectivity index (χ2n) is 3.87. The summed E-state index contributed by atoms with van der Waals surface area (Å²) in [6.45, 7) is 0. The summed E-state index contributed by atoms with van der Waals surface area (Å²) >= 11 is 8.98. The van der Waals surface area contributed by atoms with E-state index in [1.54, 1.807) is 18.2 Å². The predicted octanol–water partition coefficient (Wildman–Crippen LogP) is 3.01. The van der Waals surface area contributed by atoms with Gasteiger partial charge in [0.1, 0.15) is 0 Å². The number of nitrogens with one attached hydrogen (secondary N) is 2. The molecule has 8 heteroatoms. The second kappa shape index (κ2) is 7.86. The van der Waals surface area contributed by atoms with Crippen molar-refractivity contribution in [3.05, 3.63) is 27.7 Å². The zero-order chi connectivity index (χ0) is 15.1. The number of rotatable bonds is 5. The van der Waals surface area contributed by atoms with E-state index in [-0.39, 0.29) is 19.3 Å². The molecule has 0 aliphatic carbocycles. The van der Waals surface area contributed by atoms with Gasteiger partial charge in [-0.15, -0.1) is 0 Å². The van der Waals surface area contributed by atoms with Crippen molar-refractivity contribution in [2.75, 3.05) is 5.32 Å². The van der Waals surface area contributed by atoms with Gasteiger partial charge >= 0.3 is 12.0 Å². The second-order valence-corrected chi connectivity index (χ2v) is 5.16. The van der Waals surface area contributed by atoms with Crippen LogP contribution < -0.4 is 10.6 Å². The minimum absolute atomic E-state index is 0.0263. The van der Waals surface area contributed by atoms with Crippen LogP contribution in [0.3, 0.4) is 0 Å². The molecule has 1 aromatic rings. The van der Waals surface area contributed by atoms with Crippen LogP contribution in [0.4, 0.5) is 10.5 Å². The van der Waals surface area contributed by atoms with Crippen molar-refractivity contribution in [2.24, 2.45) is 0 Å². The number of carbonyl (C=O) groups is 3. The van der Waals surface area contributed by atoms with Gasteiger partial charge in [-0.25, -0.2) is 4.79 Å². The Hall–Kier alpha value is -1.60. The third kappa shape index (κ3) is 6.03. The number of benzene rings is 1. The first-order valence-electron chi connectivity index (χ1n) is 5.66. The molecule has 0 saturated heterocycles. The first-order chi connectivity index (χ1) is 9.38. The molecule has 0 atom stereocenters. The number of carboxylic acid groups (broad SMARTS) is 1. The molecule has 0 spiro atoms. The molecule has 1 rings (SSSR count). The van der Waals surface area contributed by atoms with Gasteiger partial charge in [0.15, 0.2) is 0 Å². The molecule has 0 fully saturated rings. The number of halogens is 2. The highest BCUT2D eigenvalue weighted by Crippen LogP contribution is 2.25. The lowest BCUT2D eigenvalue weighted by molar-refractivity contribution is -0.137. The number of anilines is 1. The van der Waals surface area contributed by atoms with Crippen molar-refractivity contribution >= 4 is 51.1 Å². The minimum atomic E-state index is -0.979. The van der Waals surface area contributed by atoms with Crippen molar-refractivity contribution in [3.8, 4) is 0 Å². The number of hydrogen-bond acceptors (Lipinski definition) is 3. The van der Waals surface area contributed by atoms with Crippen molar-refractivity contribution in [1.29, 1.82) is 0 Å². The number of aliphatic carboxylic acids is 1. The molecule has 20 heavy (non-hydrogen) atoms. The van der Waals surface area contributed by atoms with Crippen molar-refractivity contribution in [1.82, 2.24) is 5.32 Å². The smallest absolute Gasteiger partial charge is 0.325 e. The van der Waals surface area contributed by atoms with Crippen LogP contribution in [0, 0.1) is 0 Å². The van der Waals surface area contributed by atoms with Crippen LogP contribution in [-0.2, 0) is 9.59 Å². The van der Waals surface area contributed by atoms with Gasteiger partial charge in [0, 0.05) is 22.3 Å². The molecule has 3 amide bonds. The number of carbonyl (C=O) groups excluding carboxylic acids is 2. The van der Waals surface area contributed by atoms with E-state index in [1.165, 1.54) is 0 Å². The minimum Gasteiger partial charge on any atom is -0.481 e. The highest BCUT2D eigenvalue weighted by atomic mass is 79.9. The largest absolute Gasteiger partial charge is 0.481 e. The number of imide groups is 1. The van der Waals surface area contributed by atoms with Crippen molar-refractivity contribution < 1.29 is 19.5 Å². The van der Waals surface area contributed by atoms with Crippen LogP contribution in [0.2, 0.25) is 5.02 Å². The monoisotopic (exact) mass is 362 g/mol. The third-order valence-corrected chi connectivity index (χ3v) is 3.12. The van der Waals surface area contributed by atoms with Crippen LogP contribution >= 0.6 is 27.5 Å². The molecule has 6 nitrogen and oxygen atoms in total. The Morgan fingerprint density at radius 2 is 1.95 bits per heavy atom. The summed E-state index contributed by atoms with van der Waals surface area (Å²) in [6, 6.07) is 4.09. The summed E-state index contributed by atoms with van der Waals surface area (Å²) in [5.41, 5.74) is 0.463. The fourth-order valence-corrected chi connectivity index (χ4v) is 2.12. The van der Waals surface area contributed by atoms with Gasteiger partial charge in [0.05, 0.1) is 5.69 Å². The molecule has 0 radical (unpaired) electrons. The van der Waals surface area contributed by atoms with Gasteiger partial charge in [-0.3, -0.25) is 14.9 Å². The van der Waals surface area contributed by atoms with Gasteiger partial charge < -0.3 is 10.4 Å². The van der Waals surface area contributed by atoms with E-state index in [2.05, 4.69) is 26.6 Å². The maximum atomic E-state index is 11.5. The van der Waals surface area contributed by atoms with Gasteiger partial charge in [-0.1, -0.05) is 11.6 Å². The van der Waals surface area contributed by atoms with E-state index in [4.69, 9.17) is 16.7 Å². The summed E-state index contributed by atoms with van der Waals surface area (Å²) in [5.74, 6) is -1.51. The molecule has 0 heterocycles. The number of urea groups is 1. The molecular weight excluding hydrogens is 351 g/mol. The van der Waals surface area contributed by atoms with Crippen molar-refractivity contribution in [3.63, 3.8) is 0 Å². The topological polar surface area (TPSA) is 95.5 Å². The fraction of sp³-hybridized carbons (Fsp3) is 0.250. The van der Waals surface area contributed by atoms with Crippen LogP contribution in [0.1, 0.15) is 19.3 Å². The molecule has 0 aliphatic rings. The molecule has 0 saturated carbocycles. The number of carboxylic acids is 1. The molecule has 0 unspecified atom stereocenters. The van der Waals surface area contributed by atoms with Gasteiger partial charge in [0.2, 0.25) is 5.91 Å². The molecule has 0 aliphatic heterocycles. The van der Waals surface area contributed by atoms with Crippen LogP contribution in [0.15, 0.2) is 22.7 Å². The third-order valence-electron chi connectivity index (χ3n) is 2.23. The summed E-state index contributed by atoms with van der Waals surface area (Å²) in [7, 11) is 0. The maximum Gasteiger partial charge on any atom is 0.325 e. The number of hydrogen-bond donors (Lipinski definition) is 3. The Balaban J connectivity index is 2.43. The molecule has 108 valence electrons. The van der Waals surface area contributed by atoms with Gasteiger partial charge in [0.25, 0.3) is 0 Å². The SMILES string of the molecule is O=C(O)CCCC(=O)NC(=O)Nc1ccc(Cl)cc1Br. The lowest BCUT2D eigenvalue weighted by atomic mass is 10.2. The van der Waals surface area contributed by atoms with E-state index < -0.39 is 17.9 Å². The van der Waals surface area contributed by atoms with Gasteiger partial charge in [-0.2, -0.15) is 0 Å². The Kier molecular flexibility index (Phi) is 6.47. The molecule has 0 aromatic heterocycles. The summed E-state index contributed by atoms with van der Waals surface area (Å²) in [6.07, 6.45) is 0.0400. The zero-order valence-corrected chi connectivity index (χ0v) is 12.6. The Bertz CT molecular complexity index is 536. The van der Waals surface area contributed by atoms with Gasteiger partial charge in [-0.05, 0) is 40.5 Å². The number of amides is 3. The van der Waals surface area contributed by atoms with Crippen LogP contribution in [0.5, 0.6) is 0 Å². The Labute approximate surface area is 128 Å². The Morgan fingerprint density at radius 1 is 1.25 bits per heavy atom. The van der Waals surface area contributed by atoms with E-state index in [0.29, 0.717) is 15.2 Å². The lowest BCUT2D eigenvalue weighted by Gasteiger charge is -2.08. The molecular formula is C12H12BrClN2O4. The molecule has 1 aromatic carbocycles. The molecule has 0 bridgehead atoms. The van der Waals surface area contributed by atoms with E-state index in [0.717, 1.165) is 0 Å². The van der Waals surface area contributed by atoms with Crippen LogP contribution in [0.25, 0.3) is 0 Å². The maximum absolute atomic E-state index is 11.5. The average molecular weight is 364 g/mol. The van der Waals surface area contributed by atoms with Crippen LogP contribution in [-0.4, -0.2) is 23.0 Å². The summed E-state index contributed by atoms with van der Waals surface area (Å²) in [5, 5.41) is 13.5. The first-order valence-corrected chi connectivity index (χ1v) is 6.83. The fourth-order valence-electron chi connectivity index (χ4n) is 1.33. The predicted molar refractivity (Wildman–Crippen MR) is 77.8 cm³/mol. The zero-order valence-electron chi connectivity index (χ0n) is 10.3. The van der Waals surface area contributed by atoms with E-state index >= 15 is 0 Å². The molecule has 3 N–H and O–H groups in total. The first kappa shape index (κ1) is 16.5. The van der Waals surface area contributed by atoms with E-state index in [9.17, 15) is 14.4 Å². The normalized spacial score (nSPS) is 9.90. The quantitative estimate of drug-likeness (QED) is 0.749. The highest BCUT2D eigenvalue weighted by molar-refractivity contribution is 9.10. The standard InChI is InChI=1S/C12H12BrClN2O4/c13-8-6-7(14)4-5-9(8)15-12(20)16-10(17)2-1-3-11(18)19/h4-6H,1-3H2,(H,18,19)(H2,15,16,17,20). The lowest BCUT2D eigenvalue weighted by Crippen LogP contribution is -2.34. The Morgan fingerprint density at radius 3 is 2.55 bits per heavy atom. The van der Waals surface area contributed by atoms with Crippen molar-refractivity contribution in [2.45, 2.75) is 19.3 Å². The van der Waals surface area contributed by atoms with E-state index in [1.807, 2.05) is 0 Å². The summed E-state index contributed by atoms with van der Waals surface area (Å²) < 4.78 is 0.582. The highest BCUT2D eigenvalue weighted by Gasteiger charge is 2.10.